The number of hydrogen-bond acceptors (Lipinski definition) is 3. The molecular formula is C11H14N4. The molecule has 15 heavy (non-hydrogen) atoms. The van der Waals surface area contributed by atoms with Gasteiger partial charge < -0.3 is 16.0 Å². The van der Waals surface area contributed by atoms with Crippen LogP contribution in [-0.2, 0) is 6.54 Å². The average molecular weight is 202 g/mol. The largest absolute Gasteiger partial charge is 0.397 e. The predicted octanol–water partition coefficient (Wildman–Crippen LogP) is 1.91. The monoisotopic (exact) mass is 202 g/mol. The summed E-state index contributed by atoms with van der Waals surface area (Å²) in [5, 5.41) is 3.22. The van der Waals surface area contributed by atoms with Gasteiger partial charge in [0.2, 0.25) is 0 Å². The molecule has 4 heteroatoms. The van der Waals surface area contributed by atoms with Crippen molar-refractivity contribution < 1.29 is 0 Å². The Morgan fingerprint density at radius 3 is 3.00 bits per heavy atom. The summed E-state index contributed by atoms with van der Waals surface area (Å²) < 4.78 is 0. The van der Waals surface area contributed by atoms with E-state index < -0.39 is 0 Å². The van der Waals surface area contributed by atoms with Crippen LogP contribution in [0, 0.1) is 6.92 Å². The van der Waals surface area contributed by atoms with E-state index in [1.165, 1.54) is 0 Å². The van der Waals surface area contributed by atoms with Crippen molar-refractivity contribution in [1.29, 1.82) is 0 Å². The molecule has 2 rings (SSSR count). The third kappa shape index (κ3) is 2.28. The van der Waals surface area contributed by atoms with Gasteiger partial charge in [0.05, 0.1) is 17.9 Å². The summed E-state index contributed by atoms with van der Waals surface area (Å²) in [4.78, 5) is 7.14. The van der Waals surface area contributed by atoms with E-state index in [9.17, 15) is 0 Å². The number of anilines is 2. The number of imidazole rings is 1. The van der Waals surface area contributed by atoms with Crippen LogP contribution in [0.5, 0.6) is 0 Å². The third-order valence-electron chi connectivity index (χ3n) is 2.21. The van der Waals surface area contributed by atoms with Gasteiger partial charge in [0.1, 0.15) is 5.82 Å². The minimum atomic E-state index is 0.653. The average Bonchev–Trinajstić information content (AvgIpc) is 2.69. The second-order valence-electron chi connectivity index (χ2n) is 3.48. The number of hydrogen-bond donors (Lipinski definition) is 3. The normalized spacial score (nSPS) is 10.2. The van der Waals surface area contributed by atoms with Crippen molar-refractivity contribution in [2.24, 2.45) is 0 Å². The van der Waals surface area contributed by atoms with Crippen molar-refractivity contribution in [2.75, 3.05) is 11.1 Å². The Morgan fingerprint density at radius 1 is 1.47 bits per heavy atom. The zero-order chi connectivity index (χ0) is 10.7. The molecule has 0 spiro atoms. The lowest BCUT2D eigenvalue weighted by Crippen LogP contribution is -2.03. The van der Waals surface area contributed by atoms with Crippen LogP contribution >= 0.6 is 0 Å². The number of aromatic nitrogens is 2. The quantitative estimate of drug-likeness (QED) is 0.666. The molecule has 0 fully saturated rings. The summed E-state index contributed by atoms with van der Waals surface area (Å²) in [6.45, 7) is 2.67. The highest BCUT2D eigenvalue weighted by atomic mass is 15.0. The van der Waals surface area contributed by atoms with Crippen LogP contribution in [0.25, 0.3) is 0 Å². The molecule has 0 radical (unpaired) electrons. The highest BCUT2D eigenvalue weighted by molar-refractivity contribution is 5.66. The minimum absolute atomic E-state index is 0.653. The first-order chi connectivity index (χ1) is 7.25. The maximum atomic E-state index is 5.87. The van der Waals surface area contributed by atoms with Crippen molar-refractivity contribution in [3.8, 4) is 0 Å². The van der Waals surface area contributed by atoms with E-state index in [1.54, 1.807) is 12.4 Å². The van der Waals surface area contributed by atoms with Gasteiger partial charge in [0.25, 0.3) is 0 Å². The fourth-order valence-electron chi connectivity index (χ4n) is 1.42. The summed E-state index contributed by atoms with van der Waals surface area (Å²) in [6, 6.07) is 5.96. The summed E-state index contributed by atoms with van der Waals surface area (Å²) in [5.74, 6) is 0.898. The van der Waals surface area contributed by atoms with Crippen molar-refractivity contribution in [1.82, 2.24) is 9.97 Å². The summed E-state index contributed by atoms with van der Waals surface area (Å²) in [6.07, 6.45) is 3.53. The zero-order valence-corrected chi connectivity index (χ0v) is 8.62. The SMILES string of the molecule is Cc1ccc(NCc2ncc[nH]2)c(N)c1. The van der Waals surface area contributed by atoms with E-state index in [1.807, 2.05) is 25.1 Å². The Morgan fingerprint density at radius 2 is 2.33 bits per heavy atom. The molecule has 4 N–H and O–H groups in total. The molecule has 0 bridgehead atoms. The van der Waals surface area contributed by atoms with E-state index >= 15 is 0 Å². The Bertz CT molecular complexity index is 434. The second-order valence-corrected chi connectivity index (χ2v) is 3.48. The van der Waals surface area contributed by atoms with Gasteiger partial charge in [-0.2, -0.15) is 0 Å². The molecule has 4 nitrogen and oxygen atoms in total. The van der Waals surface area contributed by atoms with Crippen molar-refractivity contribution in [2.45, 2.75) is 13.5 Å². The van der Waals surface area contributed by atoms with Crippen molar-refractivity contribution in [3.63, 3.8) is 0 Å². The van der Waals surface area contributed by atoms with Gasteiger partial charge in [-0.25, -0.2) is 4.98 Å². The van der Waals surface area contributed by atoms with E-state index in [0.29, 0.717) is 6.54 Å². The molecule has 0 amide bonds. The summed E-state index contributed by atoms with van der Waals surface area (Å²) >= 11 is 0. The lowest BCUT2D eigenvalue weighted by molar-refractivity contribution is 1.00. The molecule has 0 aliphatic carbocycles. The maximum Gasteiger partial charge on any atom is 0.125 e. The Hall–Kier alpha value is -1.97. The number of nitrogen functional groups attached to an aromatic ring is 1. The fourth-order valence-corrected chi connectivity index (χ4v) is 1.42. The zero-order valence-electron chi connectivity index (χ0n) is 8.62. The van der Waals surface area contributed by atoms with Crippen LogP contribution in [0.3, 0.4) is 0 Å². The van der Waals surface area contributed by atoms with Crippen LogP contribution < -0.4 is 11.1 Å². The van der Waals surface area contributed by atoms with Gasteiger partial charge in [0.15, 0.2) is 0 Å². The van der Waals surface area contributed by atoms with Crippen molar-refractivity contribution in [3.05, 3.63) is 42.0 Å². The Labute approximate surface area is 88.5 Å². The molecule has 2 aromatic rings. The molecule has 1 aromatic heterocycles. The van der Waals surface area contributed by atoms with Gasteiger partial charge in [-0.1, -0.05) is 6.07 Å². The smallest absolute Gasteiger partial charge is 0.125 e. The first kappa shape index (κ1) is 9.58. The maximum absolute atomic E-state index is 5.87. The van der Waals surface area contributed by atoms with E-state index in [0.717, 1.165) is 22.8 Å². The number of aryl methyl sites for hydroxylation is 1. The summed E-state index contributed by atoms with van der Waals surface area (Å²) in [7, 11) is 0. The predicted molar refractivity (Wildman–Crippen MR) is 61.5 cm³/mol. The van der Waals surface area contributed by atoms with Crippen LogP contribution in [0.1, 0.15) is 11.4 Å². The Kier molecular flexibility index (Phi) is 2.58. The van der Waals surface area contributed by atoms with E-state index in [2.05, 4.69) is 15.3 Å². The van der Waals surface area contributed by atoms with Crippen molar-refractivity contribution >= 4 is 11.4 Å². The lowest BCUT2D eigenvalue weighted by atomic mass is 10.2. The van der Waals surface area contributed by atoms with Crippen LogP contribution in [0.15, 0.2) is 30.6 Å². The molecule has 1 aromatic carbocycles. The number of aromatic amines is 1. The minimum Gasteiger partial charge on any atom is -0.397 e. The van der Waals surface area contributed by atoms with E-state index in [4.69, 9.17) is 5.73 Å². The van der Waals surface area contributed by atoms with Gasteiger partial charge in [0, 0.05) is 12.4 Å². The van der Waals surface area contributed by atoms with Crippen LogP contribution in [0.4, 0.5) is 11.4 Å². The molecular weight excluding hydrogens is 188 g/mol. The Balaban J connectivity index is 2.05. The standard InChI is InChI=1S/C11H14N4/c1-8-2-3-10(9(12)6-8)15-7-11-13-4-5-14-11/h2-6,15H,7,12H2,1H3,(H,13,14). The highest BCUT2D eigenvalue weighted by Crippen LogP contribution is 2.19. The van der Waals surface area contributed by atoms with Crippen LogP contribution in [0.2, 0.25) is 0 Å². The number of nitrogens with one attached hydrogen (secondary N) is 2. The molecule has 1 heterocycles. The van der Waals surface area contributed by atoms with Gasteiger partial charge in [-0.05, 0) is 24.6 Å². The number of H-pyrrole nitrogens is 1. The van der Waals surface area contributed by atoms with Gasteiger partial charge in [-0.15, -0.1) is 0 Å². The third-order valence-corrected chi connectivity index (χ3v) is 2.21. The highest BCUT2D eigenvalue weighted by Gasteiger charge is 1.99. The molecule has 0 unspecified atom stereocenters. The second kappa shape index (κ2) is 4.04. The fraction of sp³-hybridized carbons (Fsp3) is 0.182. The number of nitrogens with zero attached hydrogens (tertiary/aromatic N) is 1. The topological polar surface area (TPSA) is 66.7 Å². The number of nitrogens with two attached hydrogens (primary N) is 1. The lowest BCUT2D eigenvalue weighted by Gasteiger charge is -2.08. The number of rotatable bonds is 3. The molecule has 78 valence electrons. The molecule has 0 saturated heterocycles. The molecule has 0 aliphatic heterocycles. The van der Waals surface area contributed by atoms with Gasteiger partial charge >= 0.3 is 0 Å². The summed E-state index contributed by atoms with van der Waals surface area (Å²) in [5.41, 5.74) is 8.74. The first-order valence-corrected chi connectivity index (χ1v) is 4.84. The molecule has 0 saturated carbocycles. The molecule has 0 atom stereocenters. The van der Waals surface area contributed by atoms with Gasteiger partial charge in [-0.3, -0.25) is 0 Å². The first-order valence-electron chi connectivity index (χ1n) is 4.84. The molecule has 0 aliphatic rings. The number of benzene rings is 1. The van der Waals surface area contributed by atoms with E-state index in [-0.39, 0.29) is 0 Å². The van der Waals surface area contributed by atoms with Crippen LogP contribution in [-0.4, -0.2) is 9.97 Å².